The average molecular weight is 404 g/mol. The van der Waals surface area contributed by atoms with Crippen molar-refractivity contribution in [1.82, 2.24) is 15.5 Å². The fourth-order valence-corrected chi connectivity index (χ4v) is 4.55. The van der Waals surface area contributed by atoms with Gasteiger partial charge in [-0.3, -0.25) is 15.0 Å². The quantitative estimate of drug-likeness (QED) is 0.762. The van der Waals surface area contributed by atoms with Gasteiger partial charge in [0.2, 0.25) is 5.91 Å². The van der Waals surface area contributed by atoms with Crippen LogP contribution in [0.25, 0.3) is 0 Å². The van der Waals surface area contributed by atoms with E-state index in [2.05, 4.69) is 22.5 Å². The summed E-state index contributed by atoms with van der Waals surface area (Å²) in [4.78, 5) is 26.9. The predicted molar refractivity (Wildman–Crippen MR) is 111 cm³/mol. The lowest BCUT2D eigenvalue weighted by Gasteiger charge is -2.29. The highest BCUT2D eigenvalue weighted by atomic mass is 16.5. The number of methoxy groups -OCH3 is 2. The second-order valence-electron chi connectivity index (χ2n) is 8.13. The number of carbonyl (C=O) groups excluding carboxylic acids is 2. The van der Waals surface area contributed by atoms with E-state index in [1.807, 2.05) is 18.2 Å². The molecule has 0 radical (unpaired) electrons. The Kier molecular flexibility index (Phi) is 7.36. The monoisotopic (exact) mass is 403 g/mol. The van der Waals surface area contributed by atoms with Crippen molar-refractivity contribution >= 4 is 11.9 Å². The van der Waals surface area contributed by atoms with E-state index in [1.165, 1.54) is 6.42 Å². The van der Waals surface area contributed by atoms with E-state index >= 15 is 0 Å². The Bertz CT molecular complexity index is 724. The zero-order chi connectivity index (χ0) is 20.8. The van der Waals surface area contributed by atoms with Gasteiger partial charge >= 0.3 is 6.03 Å². The summed E-state index contributed by atoms with van der Waals surface area (Å²) in [5.74, 6) is 1.67. The molecule has 1 aromatic carbocycles. The van der Waals surface area contributed by atoms with Crippen LogP contribution in [0.5, 0.6) is 11.5 Å². The first-order valence-corrected chi connectivity index (χ1v) is 10.6. The first kappa shape index (κ1) is 21.4. The van der Waals surface area contributed by atoms with Crippen LogP contribution in [-0.2, 0) is 4.79 Å². The Morgan fingerprint density at radius 2 is 1.90 bits per heavy atom. The molecule has 0 bridgehead atoms. The van der Waals surface area contributed by atoms with Crippen LogP contribution in [0.2, 0.25) is 0 Å². The summed E-state index contributed by atoms with van der Waals surface area (Å²) in [6, 6.07) is 5.63. The van der Waals surface area contributed by atoms with Crippen molar-refractivity contribution in [3.05, 3.63) is 23.8 Å². The Balaban J connectivity index is 1.57. The molecule has 1 heterocycles. The molecule has 1 saturated carbocycles. The van der Waals surface area contributed by atoms with Crippen LogP contribution >= 0.6 is 0 Å². The minimum absolute atomic E-state index is 0.0861. The second-order valence-corrected chi connectivity index (χ2v) is 8.13. The molecule has 3 amide bonds. The molecule has 2 fully saturated rings. The van der Waals surface area contributed by atoms with E-state index < -0.39 is 0 Å². The van der Waals surface area contributed by atoms with Crippen LogP contribution in [0.1, 0.15) is 57.1 Å². The van der Waals surface area contributed by atoms with Crippen LogP contribution in [0.15, 0.2) is 18.2 Å². The lowest BCUT2D eigenvalue weighted by molar-refractivity contribution is -0.121. The van der Waals surface area contributed by atoms with Gasteiger partial charge in [-0.2, -0.15) is 0 Å². The first-order chi connectivity index (χ1) is 14.0. The number of ether oxygens (including phenoxy) is 2. The SMILES string of the molecule is COc1ccc(C2CCCN2CC(=O)NC(=O)NC2CCCCC2C)c(OC)c1. The van der Waals surface area contributed by atoms with E-state index in [0.717, 1.165) is 55.7 Å². The number of nitrogens with zero attached hydrogens (tertiary/aromatic N) is 1. The predicted octanol–water partition coefficient (Wildman–Crippen LogP) is 3.25. The van der Waals surface area contributed by atoms with Gasteiger partial charge in [0, 0.05) is 23.7 Å². The maximum Gasteiger partial charge on any atom is 0.321 e. The van der Waals surface area contributed by atoms with Crippen LogP contribution in [-0.4, -0.2) is 50.2 Å². The fourth-order valence-electron chi connectivity index (χ4n) is 4.55. The fraction of sp³-hybridized carbons (Fsp3) is 0.636. The third-order valence-corrected chi connectivity index (χ3v) is 6.19. The molecule has 160 valence electrons. The number of hydrogen-bond acceptors (Lipinski definition) is 5. The summed E-state index contributed by atoms with van der Waals surface area (Å²) in [7, 11) is 3.26. The normalized spacial score (nSPS) is 24.7. The Morgan fingerprint density at radius 3 is 2.62 bits per heavy atom. The standard InChI is InChI=1S/C22H33N3O4/c1-15-7-4-5-8-18(15)23-22(27)24-21(26)14-25-12-6-9-19(25)17-11-10-16(28-2)13-20(17)29-3/h10-11,13,15,18-19H,4-9,12,14H2,1-3H3,(H2,23,24,26,27). The highest BCUT2D eigenvalue weighted by Crippen LogP contribution is 2.38. The molecule has 1 aromatic rings. The molecule has 1 saturated heterocycles. The maximum absolute atomic E-state index is 12.5. The van der Waals surface area contributed by atoms with Crippen molar-refractivity contribution < 1.29 is 19.1 Å². The summed E-state index contributed by atoms with van der Waals surface area (Å²) in [5.41, 5.74) is 1.04. The molecule has 0 aromatic heterocycles. The van der Waals surface area contributed by atoms with Gasteiger partial charge in [-0.05, 0) is 44.2 Å². The minimum atomic E-state index is -0.383. The Labute approximate surface area is 173 Å². The molecule has 7 nitrogen and oxygen atoms in total. The smallest absolute Gasteiger partial charge is 0.321 e. The summed E-state index contributed by atoms with van der Waals surface area (Å²) in [5, 5.41) is 5.49. The Hall–Kier alpha value is -2.28. The average Bonchev–Trinajstić information content (AvgIpc) is 3.16. The Morgan fingerprint density at radius 1 is 1.10 bits per heavy atom. The summed E-state index contributed by atoms with van der Waals surface area (Å²) < 4.78 is 10.8. The van der Waals surface area contributed by atoms with Gasteiger partial charge in [-0.1, -0.05) is 25.8 Å². The van der Waals surface area contributed by atoms with Gasteiger partial charge in [-0.15, -0.1) is 0 Å². The molecule has 3 rings (SSSR count). The van der Waals surface area contributed by atoms with E-state index in [9.17, 15) is 9.59 Å². The van der Waals surface area contributed by atoms with E-state index in [-0.39, 0.29) is 30.6 Å². The molecule has 7 heteroatoms. The number of carbonyl (C=O) groups is 2. The minimum Gasteiger partial charge on any atom is -0.497 e. The number of amides is 3. The second kappa shape index (κ2) is 9.96. The van der Waals surface area contributed by atoms with Crippen molar-refractivity contribution in [3.8, 4) is 11.5 Å². The van der Waals surface area contributed by atoms with Crippen LogP contribution in [0.3, 0.4) is 0 Å². The number of benzene rings is 1. The number of rotatable bonds is 6. The molecule has 3 unspecified atom stereocenters. The van der Waals surface area contributed by atoms with E-state index in [4.69, 9.17) is 9.47 Å². The van der Waals surface area contributed by atoms with Crippen molar-refractivity contribution in [2.75, 3.05) is 27.3 Å². The number of urea groups is 1. The van der Waals surface area contributed by atoms with Crippen molar-refractivity contribution in [2.24, 2.45) is 5.92 Å². The van der Waals surface area contributed by atoms with Gasteiger partial charge in [0.15, 0.2) is 0 Å². The van der Waals surface area contributed by atoms with Crippen LogP contribution < -0.4 is 20.1 Å². The van der Waals surface area contributed by atoms with Gasteiger partial charge in [0.1, 0.15) is 11.5 Å². The topological polar surface area (TPSA) is 79.9 Å². The number of hydrogen-bond donors (Lipinski definition) is 2. The molecule has 1 aliphatic carbocycles. The number of likely N-dealkylation sites (tertiary alicyclic amines) is 1. The van der Waals surface area contributed by atoms with Gasteiger partial charge in [0.25, 0.3) is 0 Å². The molecule has 29 heavy (non-hydrogen) atoms. The highest BCUT2D eigenvalue weighted by molar-refractivity contribution is 5.95. The molecule has 0 spiro atoms. The molecule has 1 aliphatic heterocycles. The van der Waals surface area contributed by atoms with E-state index in [0.29, 0.717) is 5.92 Å². The van der Waals surface area contributed by atoms with E-state index in [1.54, 1.807) is 14.2 Å². The zero-order valence-corrected chi connectivity index (χ0v) is 17.7. The van der Waals surface area contributed by atoms with Crippen molar-refractivity contribution in [2.45, 2.75) is 57.5 Å². The summed E-state index contributed by atoms with van der Waals surface area (Å²) in [6.07, 6.45) is 6.39. The largest absolute Gasteiger partial charge is 0.497 e. The summed E-state index contributed by atoms with van der Waals surface area (Å²) in [6.45, 7) is 3.16. The molecular weight excluding hydrogens is 370 g/mol. The van der Waals surface area contributed by atoms with Crippen molar-refractivity contribution in [1.29, 1.82) is 0 Å². The first-order valence-electron chi connectivity index (χ1n) is 10.6. The highest BCUT2D eigenvalue weighted by Gasteiger charge is 2.30. The van der Waals surface area contributed by atoms with Gasteiger partial charge in [-0.25, -0.2) is 4.79 Å². The number of imide groups is 1. The third-order valence-electron chi connectivity index (χ3n) is 6.19. The van der Waals surface area contributed by atoms with Crippen LogP contribution in [0.4, 0.5) is 4.79 Å². The zero-order valence-electron chi connectivity index (χ0n) is 17.7. The summed E-state index contributed by atoms with van der Waals surface area (Å²) >= 11 is 0. The number of nitrogens with one attached hydrogen (secondary N) is 2. The third kappa shape index (κ3) is 5.41. The van der Waals surface area contributed by atoms with Gasteiger partial charge in [0.05, 0.1) is 20.8 Å². The maximum atomic E-state index is 12.5. The molecule has 3 atom stereocenters. The molecular formula is C22H33N3O4. The van der Waals surface area contributed by atoms with Crippen molar-refractivity contribution in [3.63, 3.8) is 0 Å². The lowest BCUT2D eigenvalue weighted by atomic mass is 9.86. The molecule has 2 aliphatic rings. The molecule has 2 N–H and O–H groups in total. The lowest BCUT2D eigenvalue weighted by Crippen LogP contribution is -2.49. The van der Waals surface area contributed by atoms with Crippen LogP contribution in [0, 0.1) is 5.92 Å². The van der Waals surface area contributed by atoms with Gasteiger partial charge < -0.3 is 14.8 Å².